The number of likely N-dealkylation sites (N-methyl/N-ethyl adjacent to an activating group) is 1. The highest BCUT2D eigenvalue weighted by Crippen LogP contribution is 2.27. The van der Waals surface area contributed by atoms with Crippen molar-refractivity contribution in [2.24, 2.45) is 0 Å². The summed E-state index contributed by atoms with van der Waals surface area (Å²) in [5.41, 5.74) is 6.24. The summed E-state index contributed by atoms with van der Waals surface area (Å²) in [7, 11) is 2.03. The molecule has 1 aliphatic heterocycles. The summed E-state index contributed by atoms with van der Waals surface area (Å²) in [4.78, 5) is 29.9. The highest BCUT2D eigenvalue weighted by Gasteiger charge is 2.31. The van der Waals surface area contributed by atoms with Crippen LogP contribution < -0.4 is 5.73 Å². The molecule has 2 aromatic rings. The quantitative estimate of drug-likeness (QED) is 0.882. The first-order valence-electron chi connectivity index (χ1n) is 8.77. The number of rotatable bonds is 4. The zero-order valence-electron chi connectivity index (χ0n) is 15.8. The Bertz CT molecular complexity index is 784. The van der Waals surface area contributed by atoms with E-state index in [2.05, 4.69) is 40.6 Å². The van der Waals surface area contributed by atoms with Crippen molar-refractivity contribution >= 4 is 23.1 Å². The van der Waals surface area contributed by atoms with Crippen LogP contribution in [0.25, 0.3) is 0 Å². The Hall–Kier alpha value is -2.06. The Morgan fingerprint density at radius 3 is 2.85 bits per heavy atom. The van der Waals surface area contributed by atoms with E-state index in [1.165, 1.54) is 0 Å². The maximum absolute atomic E-state index is 12.8. The minimum atomic E-state index is -0.0332. The lowest BCUT2D eigenvalue weighted by Crippen LogP contribution is -2.36. The van der Waals surface area contributed by atoms with Gasteiger partial charge in [-0.1, -0.05) is 20.8 Å². The molecule has 1 amide bonds. The van der Waals surface area contributed by atoms with Gasteiger partial charge in [0.25, 0.3) is 5.91 Å². The largest absolute Gasteiger partial charge is 0.384 e. The van der Waals surface area contributed by atoms with Crippen LogP contribution in [-0.2, 0) is 12.0 Å². The SMILES string of the molecule is CN(Cc1nccc(N)n1)C1CCN(C(=O)c2csc(C(C)(C)C)n2)C1. The van der Waals surface area contributed by atoms with E-state index in [0.29, 0.717) is 30.4 Å². The fraction of sp³-hybridized carbons (Fsp3) is 0.556. The minimum absolute atomic E-state index is 0.0212. The predicted octanol–water partition coefficient (Wildman–Crippen LogP) is 2.16. The third-order valence-corrected chi connectivity index (χ3v) is 5.82. The molecule has 1 saturated heterocycles. The van der Waals surface area contributed by atoms with E-state index >= 15 is 0 Å². The van der Waals surface area contributed by atoms with Crippen molar-refractivity contribution in [3.63, 3.8) is 0 Å². The van der Waals surface area contributed by atoms with Crippen molar-refractivity contribution in [1.29, 1.82) is 0 Å². The van der Waals surface area contributed by atoms with E-state index in [1.807, 2.05) is 17.3 Å². The highest BCUT2D eigenvalue weighted by molar-refractivity contribution is 7.10. The van der Waals surface area contributed by atoms with Crippen molar-refractivity contribution in [3.8, 4) is 0 Å². The van der Waals surface area contributed by atoms with Crippen LogP contribution in [0.2, 0.25) is 0 Å². The molecule has 1 unspecified atom stereocenters. The van der Waals surface area contributed by atoms with E-state index in [9.17, 15) is 4.79 Å². The minimum Gasteiger partial charge on any atom is -0.384 e. The van der Waals surface area contributed by atoms with Gasteiger partial charge in [0.15, 0.2) is 0 Å². The molecule has 1 fully saturated rings. The summed E-state index contributed by atoms with van der Waals surface area (Å²) < 4.78 is 0. The number of hydrogen-bond acceptors (Lipinski definition) is 7. The number of likely N-dealkylation sites (tertiary alicyclic amines) is 1. The third kappa shape index (κ3) is 4.19. The second-order valence-corrected chi connectivity index (χ2v) is 8.65. The molecule has 8 heteroatoms. The fourth-order valence-electron chi connectivity index (χ4n) is 3.01. The van der Waals surface area contributed by atoms with Crippen molar-refractivity contribution < 1.29 is 4.79 Å². The molecule has 7 nitrogen and oxygen atoms in total. The van der Waals surface area contributed by atoms with Crippen LogP contribution in [0.4, 0.5) is 5.82 Å². The molecule has 0 bridgehead atoms. The van der Waals surface area contributed by atoms with Gasteiger partial charge in [-0.3, -0.25) is 9.69 Å². The lowest BCUT2D eigenvalue weighted by atomic mass is 9.98. The molecule has 0 spiro atoms. The number of nitrogens with zero attached hydrogens (tertiary/aromatic N) is 5. The van der Waals surface area contributed by atoms with Crippen LogP contribution in [0.15, 0.2) is 17.6 Å². The molecular formula is C18H26N6OS. The average molecular weight is 375 g/mol. The maximum Gasteiger partial charge on any atom is 0.273 e. The third-order valence-electron chi connectivity index (χ3n) is 4.56. The second kappa shape index (κ2) is 7.28. The number of hydrogen-bond donors (Lipinski definition) is 1. The summed E-state index contributed by atoms with van der Waals surface area (Å²) in [6, 6.07) is 1.96. The summed E-state index contributed by atoms with van der Waals surface area (Å²) in [6.07, 6.45) is 2.60. The molecule has 3 rings (SSSR count). The van der Waals surface area contributed by atoms with Crippen LogP contribution in [0.1, 0.15) is 48.5 Å². The maximum atomic E-state index is 12.8. The molecule has 3 heterocycles. The van der Waals surface area contributed by atoms with Gasteiger partial charge >= 0.3 is 0 Å². The molecule has 1 atom stereocenters. The number of anilines is 1. The zero-order chi connectivity index (χ0) is 18.9. The monoisotopic (exact) mass is 374 g/mol. The first kappa shape index (κ1) is 18.7. The number of carbonyl (C=O) groups is 1. The molecule has 0 aromatic carbocycles. The van der Waals surface area contributed by atoms with Gasteiger partial charge in [-0.05, 0) is 19.5 Å². The summed E-state index contributed by atoms with van der Waals surface area (Å²) >= 11 is 1.56. The molecule has 0 saturated carbocycles. The Labute approximate surface area is 158 Å². The van der Waals surface area contributed by atoms with Crippen molar-refractivity contribution in [2.75, 3.05) is 25.9 Å². The normalized spacial score (nSPS) is 17.9. The number of nitrogen functional groups attached to an aromatic ring is 1. The van der Waals surface area contributed by atoms with Crippen LogP contribution in [0.5, 0.6) is 0 Å². The van der Waals surface area contributed by atoms with Crippen LogP contribution in [-0.4, -0.2) is 56.8 Å². The van der Waals surface area contributed by atoms with E-state index in [0.717, 1.165) is 18.0 Å². The Kier molecular flexibility index (Phi) is 5.24. The summed E-state index contributed by atoms with van der Waals surface area (Å²) in [5, 5.41) is 2.87. The summed E-state index contributed by atoms with van der Waals surface area (Å²) in [6.45, 7) is 8.38. The molecule has 26 heavy (non-hydrogen) atoms. The molecule has 2 N–H and O–H groups in total. The number of nitrogens with two attached hydrogens (primary N) is 1. The lowest BCUT2D eigenvalue weighted by Gasteiger charge is -2.23. The Morgan fingerprint density at radius 2 is 2.19 bits per heavy atom. The molecule has 2 aromatic heterocycles. The molecule has 1 aliphatic rings. The topological polar surface area (TPSA) is 88.2 Å². The summed E-state index contributed by atoms with van der Waals surface area (Å²) in [5.74, 6) is 1.20. The average Bonchev–Trinajstić information content (AvgIpc) is 3.24. The standard InChI is InChI=1S/C18H26N6OS/c1-18(2,3)17-21-13(11-26-17)16(25)24-8-6-12(9-24)23(4)10-15-20-7-5-14(19)22-15/h5,7,11-12H,6,8-10H2,1-4H3,(H2,19,20,22). The molecule has 0 radical (unpaired) electrons. The first-order valence-corrected chi connectivity index (χ1v) is 9.65. The number of thiazole rings is 1. The van der Waals surface area contributed by atoms with Crippen molar-refractivity contribution in [2.45, 2.75) is 45.2 Å². The van der Waals surface area contributed by atoms with E-state index in [1.54, 1.807) is 23.6 Å². The molecule has 140 valence electrons. The van der Waals surface area contributed by atoms with Crippen LogP contribution >= 0.6 is 11.3 Å². The van der Waals surface area contributed by atoms with Gasteiger partial charge in [0.2, 0.25) is 0 Å². The number of carbonyl (C=O) groups excluding carboxylic acids is 1. The van der Waals surface area contributed by atoms with E-state index in [4.69, 9.17) is 5.73 Å². The van der Waals surface area contributed by atoms with E-state index < -0.39 is 0 Å². The Balaban J connectivity index is 1.61. The van der Waals surface area contributed by atoms with Crippen molar-refractivity contribution in [3.05, 3.63) is 34.2 Å². The second-order valence-electron chi connectivity index (χ2n) is 7.79. The van der Waals surface area contributed by atoms with Gasteiger partial charge in [0.1, 0.15) is 17.3 Å². The highest BCUT2D eigenvalue weighted by atomic mass is 32.1. The molecular weight excluding hydrogens is 348 g/mol. The molecule has 0 aliphatic carbocycles. The number of aromatic nitrogens is 3. The zero-order valence-corrected chi connectivity index (χ0v) is 16.6. The van der Waals surface area contributed by atoms with Crippen LogP contribution in [0, 0.1) is 0 Å². The smallest absolute Gasteiger partial charge is 0.273 e. The fourth-order valence-corrected chi connectivity index (χ4v) is 3.89. The first-order chi connectivity index (χ1) is 12.2. The Morgan fingerprint density at radius 1 is 1.42 bits per heavy atom. The van der Waals surface area contributed by atoms with Gasteiger partial charge < -0.3 is 10.6 Å². The van der Waals surface area contributed by atoms with Gasteiger partial charge in [0, 0.05) is 36.1 Å². The van der Waals surface area contributed by atoms with Gasteiger partial charge in [0.05, 0.1) is 11.6 Å². The number of amides is 1. The van der Waals surface area contributed by atoms with Gasteiger partial charge in [-0.2, -0.15) is 0 Å². The van der Waals surface area contributed by atoms with Gasteiger partial charge in [-0.25, -0.2) is 15.0 Å². The van der Waals surface area contributed by atoms with Gasteiger partial charge in [-0.15, -0.1) is 11.3 Å². The predicted molar refractivity (Wildman–Crippen MR) is 103 cm³/mol. The van der Waals surface area contributed by atoms with Crippen molar-refractivity contribution in [1.82, 2.24) is 24.8 Å². The van der Waals surface area contributed by atoms with Crippen LogP contribution in [0.3, 0.4) is 0 Å². The lowest BCUT2D eigenvalue weighted by molar-refractivity contribution is 0.0774. The van der Waals surface area contributed by atoms with E-state index in [-0.39, 0.29) is 17.4 Å².